The average Bonchev–Trinajstić information content (AvgIpc) is 2.34. The maximum absolute atomic E-state index is 10.5. The van der Waals surface area contributed by atoms with E-state index in [0.29, 0.717) is 13.1 Å². The molecule has 1 aromatic carbocycles. The number of carboxylic acid groups (broad SMARTS) is 1. The molecule has 2 N–H and O–H groups in total. The molecule has 19 heavy (non-hydrogen) atoms. The van der Waals surface area contributed by atoms with Crippen LogP contribution in [0.25, 0.3) is 0 Å². The van der Waals surface area contributed by atoms with Gasteiger partial charge in [-0.3, -0.25) is 10.1 Å². The van der Waals surface area contributed by atoms with E-state index in [1.165, 1.54) is 18.2 Å². The first-order valence-electron chi connectivity index (χ1n) is 5.83. The van der Waals surface area contributed by atoms with Crippen LogP contribution in [-0.2, 0) is 11.2 Å². The monoisotopic (exact) mass is 264 g/mol. The number of carboxylic acids is 1. The molecule has 0 heterocycles. The normalized spacial score (nSPS) is 11.3. The number of rotatable bonds is 7. The second-order valence-electron chi connectivity index (χ2n) is 4.18. The highest BCUT2D eigenvalue weighted by Gasteiger charge is 2.03. The van der Waals surface area contributed by atoms with Gasteiger partial charge in [-0.05, 0) is 25.5 Å². The van der Waals surface area contributed by atoms with Gasteiger partial charge in [-0.1, -0.05) is 17.7 Å². The van der Waals surface area contributed by atoms with Crippen molar-refractivity contribution in [3.63, 3.8) is 0 Å². The Balaban J connectivity index is 2.33. The summed E-state index contributed by atoms with van der Waals surface area (Å²) in [6, 6.07) is 6.40. The van der Waals surface area contributed by atoms with Crippen molar-refractivity contribution >= 4 is 11.7 Å². The number of aliphatic carboxylic acids is 1. The topological polar surface area (TPSA) is 92.5 Å². The molecule has 0 atom stereocenters. The van der Waals surface area contributed by atoms with E-state index in [0.717, 1.165) is 17.6 Å². The molecule has 0 unspecified atom stereocenters. The maximum Gasteiger partial charge on any atom is 0.328 e. The van der Waals surface area contributed by atoms with E-state index < -0.39 is 10.9 Å². The molecular weight excluding hydrogens is 248 g/mol. The lowest BCUT2D eigenvalue weighted by atomic mass is 10.1. The zero-order valence-electron chi connectivity index (χ0n) is 10.6. The molecular formula is C13H16N2O4. The number of hydrogen-bond donors (Lipinski definition) is 2. The summed E-state index contributed by atoms with van der Waals surface area (Å²) in [6.07, 6.45) is 1.90. The number of hydrogen-bond acceptors (Lipinski definition) is 4. The van der Waals surface area contributed by atoms with Gasteiger partial charge in [0.15, 0.2) is 0 Å². The Morgan fingerprint density at radius 3 is 2.58 bits per heavy atom. The summed E-state index contributed by atoms with van der Waals surface area (Å²) < 4.78 is 0. The van der Waals surface area contributed by atoms with Gasteiger partial charge in [-0.2, -0.15) is 0 Å². The third kappa shape index (κ3) is 5.78. The number of carbonyl (C=O) groups is 1. The molecule has 0 radical (unpaired) electrons. The van der Waals surface area contributed by atoms with Crippen molar-refractivity contribution < 1.29 is 14.8 Å². The fraction of sp³-hybridized carbons (Fsp3) is 0.308. The summed E-state index contributed by atoms with van der Waals surface area (Å²) in [7, 11) is 0. The predicted octanol–water partition coefficient (Wildman–Crippen LogP) is 1.76. The number of nitro benzene ring substituents is 1. The van der Waals surface area contributed by atoms with Crippen molar-refractivity contribution in [2.75, 3.05) is 13.1 Å². The average molecular weight is 264 g/mol. The lowest BCUT2D eigenvalue weighted by Gasteiger charge is -2.04. The Kier molecular flexibility index (Phi) is 5.69. The van der Waals surface area contributed by atoms with Crippen LogP contribution in [0.15, 0.2) is 35.9 Å². The van der Waals surface area contributed by atoms with Gasteiger partial charge in [-0.25, -0.2) is 4.79 Å². The van der Waals surface area contributed by atoms with Gasteiger partial charge < -0.3 is 10.4 Å². The van der Waals surface area contributed by atoms with E-state index in [2.05, 4.69) is 5.32 Å². The van der Waals surface area contributed by atoms with E-state index in [1.54, 1.807) is 19.1 Å². The number of nitro groups is 1. The first-order chi connectivity index (χ1) is 8.99. The van der Waals surface area contributed by atoms with Crippen LogP contribution in [0.3, 0.4) is 0 Å². The van der Waals surface area contributed by atoms with Crippen LogP contribution in [0, 0.1) is 10.1 Å². The molecule has 102 valence electrons. The van der Waals surface area contributed by atoms with Crippen molar-refractivity contribution in [3.8, 4) is 0 Å². The zero-order valence-corrected chi connectivity index (χ0v) is 10.6. The first kappa shape index (κ1) is 14.8. The summed E-state index contributed by atoms with van der Waals surface area (Å²) in [5, 5.41) is 22.1. The molecule has 1 rings (SSSR count). The molecule has 0 spiro atoms. The molecule has 0 saturated heterocycles. The van der Waals surface area contributed by atoms with E-state index in [-0.39, 0.29) is 5.69 Å². The summed E-state index contributed by atoms with van der Waals surface area (Å²) >= 11 is 0. The van der Waals surface area contributed by atoms with Gasteiger partial charge >= 0.3 is 5.97 Å². The molecule has 6 heteroatoms. The highest BCUT2D eigenvalue weighted by molar-refractivity contribution is 5.80. The predicted molar refractivity (Wildman–Crippen MR) is 71.1 cm³/mol. The van der Waals surface area contributed by atoms with Crippen LogP contribution in [-0.4, -0.2) is 29.1 Å². The Morgan fingerprint density at radius 2 is 2.05 bits per heavy atom. The highest BCUT2D eigenvalue weighted by Crippen LogP contribution is 2.11. The van der Waals surface area contributed by atoms with Crippen LogP contribution in [0.4, 0.5) is 5.69 Å². The zero-order chi connectivity index (χ0) is 14.3. The molecule has 0 aliphatic rings. The van der Waals surface area contributed by atoms with E-state index in [9.17, 15) is 14.9 Å². The van der Waals surface area contributed by atoms with E-state index in [1.807, 2.05) is 0 Å². The maximum atomic E-state index is 10.5. The third-order valence-electron chi connectivity index (χ3n) is 2.51. The van der Waals surface area contributed by atoms with E-state index >= 15 is 0 Å². The highest BCUT2D eigenvalue weighted by atomic mass is 16.6. The smallest absolute Gasteiger partial charge is 0.328 e. The minimum atomic E-state index is -0.949. The Morgan fingerprint density at radius 1 is 1.42 bits per heavy atom. The summed E-state index contributed by atoms with van der Waals surface area (Å²) in [5.74, 6) is -0.949. The molecule has 1 aromatic rings. The van der Waals surface area contributed by atoms with Crippen molar-refractivity contribution in [2.45, 2.75) is 13.3 Å². The minimum absolute atomic E-state index is 0.0805. The first-order valence-corrected chi connectivity index (χ1v) is 5.83. The van der Waals surface area contributed by atoms with E-state index in [4.69, 9.17) is 5.11 Å². The second-order valence-corrected chi connectivity index (χ2v) is 4.18. The van der Waals surface area contributed by atoms with Gasteiger partial charge in [0, 0.05) is 24.8 Å². The lowest BCUT2D eigenvalue weighted by Crippen LogP contribution is -2.19. The molecule has 0 fully saturated rings. The summed E-state index contributed by atoms with van der Waals surface area (Å²) in [6.45, 7) is 2.94. The van der Waals surface area contributed by atoms with Crippen LogP contribution in [0.1, 0.15) is 12.5 Å². The summed E-state index contributed by atoms with van der Waals surface area (Å²) in [5.41, 5.74) is 1.83. The molecule has 6 nitrogen and oxygen atoms in total. The van der Waals surface area contributed by atoms with Crippen LogP contribution < -0.4 is 5.32 Å². The standard InChI is InChI=1S/C13H16N2O4/c1-10(8-13(16)17)9-14-7-6-11-2-4-12(5-3-11)15(18)19/h2-5,8,14H,6-7,9H2,1H3,(H,16,17)/b10-8-. The van der Waals surface area contributed by atoms with Crippen molar-refractivity contribution in [2.24, 2.45) is 0 Å². The fourth-order valence-electron chi connectivity index (χ4n) is 1.56. The Hall–Kier alpha value is -2.21. The van der Waals surface area contributed by atoms with Crippen molar-refractivity contribution in [1.29, 1.82) is 0 Å². The summed E-state index contributed by atoms with van der Waals surface area (Å²) in [4.78, 5) is 20.4. The number of nitrogens with zero attached hydrogens (tertiary/aromatic N) is 1. The van der Waals surface area contributed by atoms with Crippen LogP contribution >= 0.6 is 0 Å². The number of nitrogens with one attached hydrogen (secondary N) is 1. The van der Waals surface area contributed by atoms with Crippen molar-refractivity contribution in [1.82, 2.24) is 5.32 Å². The number of non-ortho nitro benzene ring substituents is 1. The lowest BCUT2D eigenvalue weighted by molar-refractivity contribution is -0.384. The van der Waals surface area contributed by atoms with Gasteiger partial charge in [0.25, 0.3) is 5.69 Å². The molecule has 0 amide bonds. The van der Waals surface area contributed by atoms with Gasteiger partial charge in [-0.15, -0.1) is 0 Å². The number of benzene rings is 1. The van der Waals surface area contributed by atoms with Gasteiger partial charge in [0.1, 0.15) is 0 Å². The molecule has 0 bridgehead atoms. The SMILES string of the molecule is C/C(=C/C(=O)O)CNCCc1ccc([N+](=O)[O-])cc1. The van der Waals surface area contributed by atoms with Gasteiger partial charge in [0.2, 0.25) is 0 Å². The third-order valence-corrected chi connectivity index (χ3v) is 2.51. The largest absolute Gasteiger partial charge is 0.478 e. The van der Waals surface area contributed by atoms with Gasteiger partial charge in [0.05, 0.1) is 4.92 Å². The molecule has 0 aromatic heterocycles. The Bertz CT molecular complexity index is 480. The minimum Gasteiger partial charge on any atom is -0.478 e. The van der Waals surface area contributed by atoms with Crippen LogP contribution in [0.2, 0.25) is 0 Å². The molecule has 0 aliphatic heterocycles. The molecule has 0 aliphatic carbocycles. The Labute approximate surface area is 110 Å². The fourth-order valence-corrected chi connectivity index (χ4v) is 1.56. The van der Waals surface area contributed by atoms with Crippen molar-refractivity contribution in [3.05, 3.63) is 51.6 Å². The quantitative estimate of drug-likeness (QED) is 0.339. The van der Waals surface area contributed by atoms with Crippen LogP contribution in [0.5, 0.6) is 0 Å². The molecule has 0 saturated carbocycles. The second kappa shape index (κ2) is 7.27.